The molecule has 1 heterocycles. The predicted octanol–water partition coefficient (Wildman–Crippen LogP) is 1.81. The Morgan fingerprint density at radius 2 is 2.12 bits per heavy atom. The SMILES string of the molecule is COc1cc(/C=N\Nc2cnn(C)c(=O)c2Cl)cc([N+](=O)[O-])c1OC. The molecule has 10 nitrogen and oxygen atoms in total. The molecule has 0 aliphatic heterocycles. The van der Waals surface area contributed by atoms with Gasteiger partial charge in [0.2, 0.25) is 5.75 Å². The molecule has 0 spiro atoms. The summed E-state index contributed by atoms with van der Waals surface area (Å²) in [6, 6.07) is 2.79. The van der Waals surface area contributed by atoms with Gasteiger partial charge in [-0.2, -0.15) is 10.2 Å². The molecule has 0 unspecified atom stereocenters. The first-order valence-corrected chi connectivity index (χ1v) is 7.18. The van der Waals surface area contributed by atoms with E-state index >= 15 is 0 Å². The van der Waals surface area contributed by atoms with Crippen molar-refractivity contribution in [1.29, 1.82) is 0 Å². The van der Waals surface area contributed by atoms with Crippen molar-refractivity contribution in [2.24, 2.45) is 12.1 Å². The maximum Gasteiger partial charge on any atom is 0.315 e. The number of benzene rings is 1. The number of aryl methyl sites for hydroxylation is 1. The molecule has 0 amide bonds. The van der Waals surface area contributed by atoms with Gasteiger partial charge in [0.25, 0.3) is 5.56 Å². The summed E-state index contributed by atoms with van der Waals surface area (Å²) in [5, 5.41) is 18.8. The molecule has 0 aliphatic carbocycles. The van der Waals surface area contributed by atoms with E-state index in [4.69, 9.17) is 21.1 Å². The van der Waals surface area contributed by atoms with Gasteiger partial charge in [-0.3, -0.25) is 20.3 Å². The van der Waals surface area contributed by atoms with Gasteiger partial charge in [-0.15, -0.1) is 0 Å². The van der Waals surface area contributed by atoms with Gasteiger partial charge < -0.3 is 9.47 Å². The number of nitro groups is 1. The van der Waals surface area contributed by atoms with Gasteiger partial charge in [0, 0.05) is 18.7 Å². The number of ether oxygens (including phenoxy) is 2. The zero-order valence-electron chi connectivity index (χ0n) is 13.5. The molecule has 0 fully saturated rings. The van der Waals surface area contributed by atoms with Crippen molar-refractivity contribution in [2.45, 2.75) is 0 Å². The van der Waals surface area contributed by atoms with Crippen LogP contribution in [0.15, 0.2) is 28.2 Å². The van der Waals surface area contributed by atoms with Crippen LogP contribution in [0, 0.1) is 10.1 Å². The molecule has 0 saturated carbocycles. The van der Waals surface area contributed by atoms with Crippen molar-refractivity contribution in [3.63, 3.8) is 0 Å². The summed E-state index contributed by atoms with van der Waals surface area (Å²) >= 11 is 5.90. The lowest BCUT2D eigenvalue weighted by atomic mass is 10.2. The zero-order valence-corrected chi connectivity index (χ0v) is 14.3. The van der Waals surface area contributed by atoms with Crippen LogP contribution in [0.25, 0.3) is 0 Å². The van der Waals surface area contributed by atoms with E-state index in [0.717, 1.165) is 4.68 Å². The molecule has 1 N–H and O–H groups in total. The van der Waals surface area contributed by atoms with Crippen molar-refractivity contribution in [2.75, 3.05) is 19.6 Å². The van der Waals surface area contributed by atoms with Gasteiger partial charge in [0.05, 0.1) is 31.6 Å². The first-order chi connectivity index (χ1) is 11.9. The lowest BCUT2D eigenvalue weighted by Crippen LogP contribution is -2.20. The van der Waals surface area contributed by atoms with E-state index in [1.54, 1.807) is 0 Å². The highest BCUT2D eigenvalue weighted by molar-refractivity contribution is 6.32. The van der Waals surface area contributed by atoms with E-state index in [1.807, 2.05) is 0 Å². The van der Waals surface area contributed by atoms with Crippen molar-refractivity contribution >= 4 is 29.2 Å². The van der Waals surface area contributed by atoms with E-state index in [9.17, 15) is 14.9 Å². The van der Waals surface area contributed by atoms with Crippen LogP contribution in [0.1, 0.15) is 5.56 Å². The van der Waals surface area contributed by atoms with Crippen molar-refractivity contribution in [1.82, 2.24) is 9.78 Å². The van der Waals surface area contributed by atoms with Crippen LogP contribution in [-0.4, -0.2) is 35.1 Å². The average Bonchev–Trinajstić information content (AvgIpc) is 2.60. The number of hydrogen-bond acceptors (Lipinski definition) is 8. The Kier molecular flexibility index (Phi) is 5.55. The second kappa shape index (κ2) is 7.62. The van der Waals surface area contributed by atoms with Gasteiger partial charge in [-0.05, 0) is 6.07 Å². The van der Waals surface area contributed by atoms with Gasteiger partial charge in [0.15, 0.2) is 5.75 Å². The lowest BCUT2D eigenvalue weighted by Gasteiger charge is -2.08. The average molecular weight is 368 g/mol. The van der Waals surface area contributed by atoms with Crippen LogP contribution in [0.5, 0.6) is 11.5 Å². The molecular formula is C14H14ClN5O5. The van der Waals surface area contributed by atoms with Crippen LogP contribution in [0.3, 0.4) is 0 Å². The van der Waals surface area contributed by atoms with Crippen molar-refractivity contribution in [3.8, 4) is 11.5 Å². The molecule has 2 rings (SSSR count). The highest BCUT2D eigenvalue weighted by Crippen LogP contribution is 2.37. The number of nitrogens with one attached hydrogen (secondary N) is 1. The second-order valence-electron chi connectivity index (χ2n) is 4.70. The molecule has 0 bridgehead atoms. The van der Waals surface area contributed by atoms with Crippen molar-refractivity contribution in [3.05, 3.63) is 49.4 Å². The smallest absolute Gasteiger partial charge is 0.315 e. The Hall–Kier alpha value is -3.14. The second-order valence-corrected chi connectivity index (χ2v) is 5.08. The lowest BCUT2D eigenvalue weighted by molar-refractivity contribution is -0.385. The third kappa shape index (κ3) is 3.86. The molecule has 0 radical (unpaired) electrons. The van der Waals surface area contributed by atoms with Crippen LogP contribution >= 0.6 is 11.6 Å². The van der Waals surface area contributed by atoms with E-state index in [-0.39, 0.29) is 27.9 Å². The minimum atomic E-state index is -0.589. The number of nitrogens with zero attached hydrogens (tertiary/aromatic N) is 4. The quantitative estimate of drug-likeness (QED) is 0.469. The number of methoxy groups -OCH3 is 2. The molecule has 1 aromatic heterocycles. The topological polar surface area (TPSA) is 121 Å². The molecule has 25 heavy (non-hydrogen) atoms. The third-order valence-corrected chi connectivity index (χ3v) is 3.52. The Morgan fingerprint density at radius 1 is 1.40 bits per heavy atom. The van der Waals surface area contributed by atoms with E-state index in [1.165, 1.54) is 45.8 Å². The number of anilines is 1. The highest BCUT2D eigenvalue weighted by Gasteiger charge is 2.21. The summed E-state index contributed by atoms with van der Waals surface area (Å²) in [6.45, 7) is 0. The minimum absolute atomic E-state index is 0.0106. The Bertz CT molecular complexity index is 896. The minimum Gasteiger partial charge on any atom is -0.493 e. The highest BCUT2D eigenvalue weighted by atomic mass is 35.5. The van der Waals surface area contributed by atoms with E-state index in [2.05, 4.69) is 15.6 Å². The third-order valence-electron chi connectivity index (χ3n) is 3.16. The normalized spacial score (nSPS) is 10.7. The van der Waals surface area contributed by atoms with E-state index in [0.29, 0.717) is 5.56 Å². The number of rotatable bonds is 6. The van der Waals surface area contributed by atoms with Crippen LogP contribution in [0.2, 0.25) is 5.02 Å². The van der Waals surface area contributed by atoms with Gasteiger partial charge in [0.1, 0.15) is 10.7 Å². The molecular weight excluding hydrogens is 354 g/mol. The molecule has 0 aliphatic rings. The van der Waals surface area contributed by atoms with Gasteiger partial charge in [-0.1, -0.05) is 11.6 Å². The molecule has 2 aromatic rings. The molecule has 132 valence electrons. The zero-order chi connectivity index (χ0) is 18.6. The number of nitro benzene ring substituents is 1. The first kappa shape index (κ1) is 18.2. The maximum atomic E-state index is 11.7. The fraction of sp³-hybridized carbons (Fsp3) is 0.214. The summed E-state index contributed by atoms with van der Waals surface area (Å²) in [7, 11) is 4.14. The maximum absolute atomic E-state index is 11.7. The van der Waals surface area contributed by atoms with Gasteiger partial charge >= 0.3 is 5.69 Å². The molecule has 0 saturated heterocycles. The number of halogens is 1. The largest absolute Gasteiger partial charge is 0.493 e. The van der Waals surface area contributed by atoms with Crippen LogP contribution in [0.4, 0.5) is 11.4 Å². The fourth-order valence-corrected chi connectivity index (χ4v) is 2.15. The Balaban J connectivity index is 2.33. The Labute approximate surface area is 146 Å². The predicted molar refractivity (Wildman–Crippen MR) is 91.9 cm³/mol. The monoisotopic (exact) mass is 367 g/mol. The summed E-state index contributed by atoms with van der Waals surface area (Å²) in [4.78, 5) is 22.2. The number of hydrogen-bond donors (Lipinski definition) is 1. The molecule has 1 aromatic carbocycles. The van der Waals surface area contributed by atoms with Crippen LogP contribution < -0.4 is 20.5 Å². The van der Waals surface area contributed by atoms with Gasteiger partial charge in [-0.25, -0.2) is 4.68 Å². The summed E-state index contributed by atoms with van der Waals surface area (Å²) in [6.07, 6.45) is 2.64. The van der Waals surface area contributed by atoms with E-state index < -0.39 is 10.5 Å². The van der Waals surface area contributed by atoms with Crippen molar-refractivity contribution < 1.29 is 14.4 Å². The number of aromatic nitrogens is 2. The number of hydrazone groups is 1. The fourth-order valence-electron chi connectivity index (χ4n) is 1.94. The first-order valence-electron chi connectivity index (χ1n) is 6.80. The van der Waals surface area contributed by atoms with Crippen LogP contribution in [-0.2, 0) is 7.05 Å². The Morgan fingerprint density at radius 3 is 2.72 bits per heavy atom. The molecule has 0 atom stereocenters. The standard InChI is InChI=1S/C14H14ClN5O5/c1-19-14(21)12(15)9(7-17-19)18-16-6-8-4-10(20(22)23)13(25-3)11(5-8)24-2/h4-7,18H,1-3H3/b16-6-. The molecule has 11 heteroatoms. The summed E-state index contributed by atoms with van der Waals surface area (Å²) < 4.78 is 11.2. The summed E-state index contributed by atoms with van der Waals surface area (Å²) in [5.41, 5.74) is 2.40. The summed E-state index contributed by atoms with van der Waals surface area (Å²) in [5.74, 6) is 0.197.